The van der Waals surface area contributed by atoms with Crippen LogP contribution in [0.4, 0.5) is 5.69 Å². The standard InChI is InChI=1S/C22H27N3O2/c1-23-20(26)16-17-10-12-19(13-11-17)24-21(18-8-4-2-5-9-18)22(27)25-14-6-3-7-15-25/h2,4-5,8-13,21,24H,3,6-7,14-16H2,1H3,(H,23,26). The number of nitrogens with zero attached hydrogens (tertiary/aromatic N) is 1. The molecule has 1 aliphatic rings. The van der Waals surface area contributed by atoms with Crippen LogP contribution in [0.25, 0.3) is 0 Å². The maximum absolute atomic E-state index is 13.2. The third-order valence-electron chi connectivity index (χ3n) is 4.96. The number of amides is 2. The molecule has 1 fully saturated rings. The lowest BCUT2D eigenvalue weighted by molar-refractivity contribution is -0.133. The number of anilines is 1. The molecule has 0 aliphatic carbocycles. The van der Waals surface area contributed by atoms with Gasteiger partial charge in [0.25, 0.3) is 0 Å². The largest absolute Gasteiger partial charge is 0.370 e. The molecule has 5 heteroatoms. The van der Waals surface area contributed by atoms with E-state index >= 15 is 0 Å². The first kappa shape index (κ1) is 19.0. The summed E-state index contributed by atoms with van der Waals surface area (Å²) >= 11 is 0. The number of rotatable bonds is 6. The summed E-state index contributed by atoms with van der Waals surface area (Å²) in [6, 6.07) is 17.1. The smallest absolute Gasteiger partial charge is 0.249 e. The Kier molecular flexibility index (Phi) is 6.47. The molecule has 2 amide bonds. The lowest BCUT2D eigenvalue weighted by Crippen LogP contribution is -2.41. The normalized spacial score (nSPS) is 15.1. The molecule has 5 nitrogen and oxygen atoms in total. The molecule has 1 atom stereocenters. The fourth-order valence-electron chi connectivity index (χ4n) is 3.39. The van der Waals surface area contributed by atoms with Gasteiger partial charge in [0.1, 0.15) is 6.04 Å². The minimum Gasteiger partial charge on any atom is -0.370 e. The van der Waals surface area contributed by atoms with Gasteiger partial charge < -0.3 is 15.5 Å². The summed E-state index contributed by atoms with van der Waals surface area (Å²) in [5.41, 5.74) is 2.77. The summed E-state index contributed by atoms with van der Waals surface area (Å²) in [5, 5.41) is 6.02. The number of piperidine rings is 1. The summed E-state index contributed by atoms with van der Waals surface area (Å²) in [6.07, 6.45) is 3.69. The Morgan fingerprint density at radius 1 is 0.963 bits per heavy atom. The average Bonchev–Trinajstić information content (AvgIpc) is 2.74. The molecule has 2 aromatic rings. The minimum absolute atomic E-state index is 0.0156. The highest BCUT2D eigenvalue weighted by Gasteiger charge is 2.26. The molecular weight excluding hydrogens is 338 g/mol. The van der Waals surface area contributed by atoms with E-state index in [1.807, 2.05) is 59.5 Å². The van der Waals surface area contributed by atoms with Gasteiger partial charge in [-0.05, 0) is 42.5 Å². The number of carbonyl (C=O) groups is 2. The minimum atomic E-state index is -0.408. The van der Waals surface area contributed by atoms with Crippen LogP contribution in [-0.4, -0.2) is 36.9 Å². The molecule has 1 saturated heterocycles. The number of nitrogens with one attached hydrogen (secondary N) is 2. The van der Waals surface area contributed by atoms with Crippen molar-refractivity contribution in [3.8, 4) is 0 Å². The number of likely N-dealkylation sites (tertiary alicyclic amines) is 1. The molecule has 2 aromatic carbocycles. The second-order valence-corrected chi connectivity index (χ2v) is 6.92. The first-order valence-electron chi connectivity index (χ1n) is 9.57. The van der Waals surface area contributed by atoms with Crippen LogP contribution >= 0.6 is 0 Å². The Balaban J connectivity index is 1.77. The van der Waals surface area contributed by atoms with Gasteiger partial charge in [0.05, 0.1) is 6.42 Å². The van der Waals surface area contributed by atoms with Crippen LogP contribution in [-0.2, 0) is 16.0 Å². The van der Waals surface area contributed by atoms with Crippen molar-refractivity contribution in [2.24, 2.45) is 0 Å². The van der Waals surface area contributed by atoms with Gasteiger partial charge in [-0.25, -0.2) is 0 Å². The van der Waals surface area contributed by atoms with E-state index in [0.717, 1.165) is 42.7 Å². The van der Waals surface area contributed by atoms with E-state index in [1.54, 1.807) is 7.05 Å². The van der Waals surface area contributed by atoms with Crippen molar-refractivity contribution < 1.29 is 9.59 Å². The molecule has 142 valence electrons. The molecular formula is C22H27N3O2. The maximum atomic E-state index is 13.2. The summed E-state index contributed by atoms with van der Waals surface area (Å²) in [4.78, 5) is 26.6. The van der Waals surface area contributed by atoms with Crippen LogP contribution in [0, 0.1) is 0 Å². The second kappa shape index (κ2) is 9.21. The van der Waals surface area contributed by atoms with Crippen molar-refractivity contribution in [3.05, 3.63) is 65.7 Å². The van der Waals surface area contributed by atoms with E-state index in [4.69, 9.17) is 0 Å². The van der Waals surface area contributed by atoms with Crippen molar-refractivity contribution >= 4 is 17.5 Å². The lowest BCUT2D eigenvalue weighted by atomic mass is 10.0. The van der Waals surface area contributed by atoms with E-state index in [9.17, 15) is 9.59 Å². The van der Waals surface area contributed by atoms with Crippen molar-refractivity contribution in [3.63, 3.8) is 0 Å². The third kappa shape index (κ3) is 5.09. The van der Waals surface area contributed by atoms with E-state index in [-0.39, 0.29) is 11.8 Å². The van der Waals surface area contributed by atoms with Gasteiger partial charge in [-0.3, -0.25) is 9.59 Å². The Morgan fingerprint density at radius 2 is 1.63 bits per heavy atom. The molecule has 0 saturated carbocycles. The SMILES string of the molecule is CNC(=O)Cc1ccc(NC(C(=O)N2CCCCC2)c2ccccc2)cc1. The van der Waals surface area contributed by atoms with E-state index in [0.29, 0.717) is 6.42 Å². The number of benzene rings is 2. The molecule has 27 heavy (non-hydrogen) atoms. The molecule has 2 N–H and O–H groups in total. The molecule has 0 aromatic heterocycles. The highest BCUT2D eigenvalue weighted by atomic mass is 16.2. The van der Waals surface area contributed by atoms with Crippen molar-refractivity contribution in [2.45, 2.75) is 31.7 Å². The second-order valence-electron chi connectivity index (χ2n) is 6.92. The van der Waals surface area contributed by atoms with E-state index in [2.05, 4.69) is 10.6 Å². The number of likely N-dealkylation sites (N-methyl/N-ethyl adjacent to an activating group) is 1. The molecule has 3 rings (SSSR count). The van der Waals surface area contributed by atoms with Gasteiger partial charge in [0.15, 0.2) is 0 Å². The highest BCUT2D eigenvalue weighted by molar-refractivity contribution is 5.86. The number of hydrogen-bond donors (Lipinski definition) is 2. The summed E-state index contributed by atoms with van der Waals surface area (Å²) < 4.78 is 0. The predicted molar refractivity (Wildman–Crippen MR) is 107 cm³/mol. The van der Waals surface area contributed by atoms with Crippen LogP contribution in [0.1, 0.15) is 36.4 Å². The Morgan fingerprint density at radius 3 is 2.26 bits per heavy atom. The fourth-order valence-corrected chi connectivity index (χ4v) is 3.39. The Labute approximate surface area is 160 Å². The zero-order chi connectivity index (χ0) is 19.1. The predicted octanol–water partition coefficient (Wildman–Crippen LogP) is 3.14. The maximum Gasteiger partial charge on any atom is 0.249 e. The lowest BCUT2D eigenvalue weighted by Gasteiger charge is -2.31. The van der Waals surface area contributed by atoms with Gasteiger partial charge in [0, 0.05) is 25.8 Å². The van der Waals surface area contributed by atoms with Gasteiger partial charge in [-0.1, -0.05) is 42.5 Å². The van der Waals surface area contributed by atoms with Crippen molar-refractivity contribution in [2.75, 3.05) is 25.5 Å². The quantitative estimate of drug-likeness (QED) is 0.827. The van der Waals surface area contributed by atoms with Crippen molar-refractivity contribution in [1.82, 2.24) is 10.2 Å². The zero-order valence-electron chi connectivity index (χ0n) is 15.8. The van der Waals surface area contributed by atoms with E-state index in [1.165, 1.54) is 6.42 Å². The monoisotopic (exact) mass is 365 g/mol. The third-order valence-corrected chi connectivity index (χ3v) is 4.96. The van der Waals surface area contributed by atoms with Crippen LogP contribution in [0.5, 0.6) is 0 Å². The molecule has 1 aliphatic heterocycles. The topological polar surface area (TPSA) is 61.4 Å². The molecule has 1 heterocycles. The molecule has 0 radical (unpaired) electrons. The van der Waals surface area contributed by atoms with Crippen LogP contribution in [0.3, 0.4) is 0 Å². The molecule has 0 bridgehead atoms. The summed E-state index contributed by atoms with van der Waals surface area (Å²) in [7, 11) is 1.63. The first-order chi connectivity index (χ1) is 13.2. The molecule has 0 spiro atoms. The average molecular weight is 365 g/mol. The number of carbonyl (C=O) groups excluding carboxylic acids is 2. The Hall–Kier alpha value is -2.82. The van der Waals surface area contributed by atoms with Gasteiger partial charge in [-0.15, -0.1) is 0 Å². The van der Waals surface area contributed by atoms with Gasteiger partial charge in [0.2, 0.25) is 11.8 Å². The van der Waals surface area contributed by atoms with Crippen LogP contribution in [0.15, 0.2) is 54.6 Å². The first-order valence-corrected chi connectivity index (χ1v) is 9.57. The van der Waals surface area contributed by atoms with Crippen molar-refractivity contribution in [1.29, 1.82) is 0 Å². The van der Waals surface area contributed by atoms with E-state index < -0.39 is 6.04 Å². The number of hydrogen-bond acceptors (Lipinski definition) is 3. The summed E-state index contributed by atoms with van der Waals surface area (Å²) in [6.45, 7) is 1.66. The zero-order valence-corrected chi connectivity index (χ0v) is 15.8. The summed E-state index contributed by atoms with van der Waals surface area (Å²) in [5.74, 6) is 0.105. The fraction of sp³-hybridized carbons (Fsp3) is 0.364. The van der Waals surface area contributed by atoms with Crippen LogP contribution < -0.4 is 10.6 Å². The Bertz CT molecular complexity index is 753. The van der Waals surface area contributed by atoms with Gasteiger partial charge >= 0.3 is 0 Å². The van der Waals surface area contributed by atoms with Crippen LogP contribution in [0.2, 0.25) is 0 Å². The van der Waals surface area contributed by atoms with Gasteiger partial charge in [-0.2, -0.15) is 0 Å². The highest BCUT2D eigenvalue weighted by Crippen LogP contribution is 2.24. The molecule has 1 unspecified atom stereocenters.